The highest BCUT2D eigenvalue weighted by Gasteiger charge is 2.01. The molecule has 0 bridgehead atoms. The summed E-state index contributed by atoms with van der Waals surface area (Å²) in [7, 11) is 0. The lowest BCUT2D eigenvalue weighted by molar-refractivity contribution is 0.504. The molecule has 1 rings (SSSR count). The molecule has 0 atom stereocenters. The number of benzene rings is 1. The van der Waals surface area contributed by atoms with Gasteiger partial charge >= 0.3 is 0 Å². The third kappa shape index (κ3) is 12.6. The summed E-state index contributed by atoms with van der Waals surface area (Å²) in [6.07, 6.45) is 22.5. The summed E-state index contributed by atoms with van der Waals surface area (Å²) in [5.74, 6) is 0.889. The maximum absolute atomic E-state index is 2.35. The van der Waals surface area contributed by atoms with E-state index < -0.39 is 0 Å². The summed E-state index contributed by atoms with van der Waals surface area (Å²) in [6.45, 7) is 6.96. The first-order valence-corrected chi connectivity index (χ1v) is 11.8. The Morgan fingerprint density at radius 2 is 1.00 bits per heavy atom. The Labute approximate surface area is 165 Å². The molecule has 0 aliphatic heterocycles. The second kappa shape index (κ2) is 16.4. The normalized spacial score (nSPS) is 11.4. The maximum Gasteiger partial charge on any atom is -0.0276 e. The molecule has 0 radical (unpaired) electrons. The minimum absolute atomic E-state index is 0.889. The number of unbranched alkanes of at least 4 members (excludes halogenated alkanes) is 11. The predicted molar refractivity (Wildman–Crippen MR) is 119 cm³/mol. The average Bonchev–Trinajstić information content (AvgIpc) is 2.64. The minimum atomic E-state index is 0.889. The molecule has 0 spiro atoms. The van der Waals surface area contributed by atoms with Gasteiger partial charge in [0.15, 0.2) is 0 Å². The molecule has 1 aromatic carbocycles. The van der Waals surface area contributed by atoms with Crippen LogP contribution < -0.4 is 0 Å². The molecule has 0 saturated carbocycles. The molecule has 0 amide bonds. The van der Waals surface area contributed by atoms with Crippen molar-refractivity contribution in [1.82, 2.24) is 0 Å². The highest BCUT2D eigenvalue weighted by Crippen LogP contribution is 2.17. The van der Waals surface area contributed by atoms with Crippen LogP contribution in [0.25, 0.3) is 0 Å². The quantitative estimate of drug-likeness (QED) is 0.244. The Morgan fingerprint density at radius 3 is 1.46 bits per heavy atom. The molecule has 0 unspecified atom stereocenters. The summed E-state index contributed by atoms with van der Waals surface area (Å²) in [6, 6.07) is 9.12. The molecule has 0 heterocycles. The summed E-state index contributed by atoms with van der Waals surface area (Å²) in [4.78, 5) is 0. The van der Waals surface area contributed by atoms with Crippen molar-refractivity contribution in [2.45, 2.75) is 124 Å². The van der Waals surface area contributed by atoms with E-state index in [-0.39, 0.29) is 0 Å². The van der Waals surface area contributed by atoms with Gasteiger partial charge in [0.05, 0.1) is 0 Å². The number of rotatable bonds is 17. The Bertz CT molecular complexity index is 418. The molecule has 0 N–H and O–H groups in total. The molecule has 0 aliphatic carbocycles. The van der Waals surface area contributed by atoms with Gasteiger partial charge < -0.3 is 0 Å². The zero-order chi connectivity index (χ0) is 18.9. The van der Waals surface area contributed by atoms with E-state index in [4.69, 9.17) is 0 Å². The van der Waals surface area contributed by atoms with Crippen LogP contribution in [0.1, 0.15) is 122 Å². The van der Waals surface area contributed by atoms with Crippen LogP contribution in [-0.2, 0) is 12.8 Å². The summed E-state index contributed by atoms with van der Waals surface area (Å²) in [5.41, 5.74) is 3.21. The molecule has 0 nitrogen and oxygen atoms in total. The van der Waals surface area contributed by atoms with Gasteiger partial charge in [0.2, 0.25) is 0 Å². The number of aryl methyl sites for hydroxylation is 2. The van der Waals surface area contributed by atoms with E-state index in [1.165, 1.54) is 103 Å². The lowest BCUT2D eigenvalue weighted by Gasteiger charge is -2.09. The number of hydrogen-bond acceptors (Lipinski definition) is 0. The van der Waals surface area contributed by atoms with E-state index in [1.54, 1.807) is 11.1 Å². The second-order valence-corrected chi connectivity index (χ2v) is 8.69. The van der Waals surface area contributed by atoms with Crippen LogP contribution in [-0.4, -0.2) is 0 Å². The largest absolute Gasteiger partial charge is 0.0654 e. The van der Waals surface area contributed by atoms with Crippen molar-refractivity contribution in [2.75, 3.05) is 0 Å². The molecular weight excluding hydrogens is 312 g/mol. The first-order valence-electron chi connectivity index (χ1n) is 11.8. The van der Waals surface area contributed by atoms with Gasteiger partial charge in [-0.25, -0.2) is 0 Å². The fourth-order valence-corrected chi connectivity index (χ4v) is 3.87. The molecule has 1 aromatic rings. The van der Waals surface area contributed by atoms with Gasteiger partial charge in [0.1, 0.15) is 0 Å². The van der Waals surface area contributed by atoms with Crippen LogP contribution in [0.4, 0.5) is 0 Å². The fourth-order valence-electron chi connectivity index (χ4n) is 3.87. The fraction of sp³-hybridized carbons (Fsp3) is 0.769. The highest BCUT2D eigenvalue weighted by molar-refractivity contribution is 5.27. The first kappa shape index (κ1) is 23.3. The zero-order valence-electron chi connectivity index (χ0n) is 18.2. The van der Waals surface area contributed by atoms with Crippen molar-refractivity contribution in [3.8, 4) is 0 Å². The minimum Gasteiger partial charge on any atom is -0.0654 e. The lowest BCUT2D eigenvalue weighted by atomic mass is 9.97. The van der Waals surface area contributed by atoms with E-state index in [0.717, 1.165) is 5.92 Å². The van der Waals surface area contributed by atoms with Crippen molar-refractivity contribution in [1.29, 1.82) is 0 Å². The van der Waals surface area contributed by atoms with Gasteiger partial charge in [-0.1, -0.05) is 122 Å². The van der Waals surface area contributed by atoms with Crippen molar-refractivity contribution >= 4 is 0 Å². The third-order valence-corrected chi connectivity index (χ3v) is 5.65. The Hall–Kier alpha value is -0.780. The van der Waals surface area contributed by atoms with E-state index in [9.17, 15) is 0 Å². The Balaban J connectivity index is 1.92. The molecule has 0 heteroatoms. The van der Waals surface area contributed by atoms with Gasteiger partial charge in [-0.05, 0) is 42.7 Å². The molecule has 26 heavy (non-hydrogen) atoms. The lowest BCUT2D eigenvalue weighted by Crippen LogP contribution is -1.95. The maximum atomic E-state index is 2.35. The smallest absolute Gasteiger partial charge is 0.0276 e. The predicted octanol–water partition coefficient (Wildman–Crippen LogP) is 8.91. The van der Waals surface area contributed by atoms with Gasteiger partial charge in [-0.15, -0.1) is 0 Å². The average molecular weight is 359 g/mol. The monoisotopic (exact) mass is 358 g/mol. The van der Waals surface area contributed by atoms with Crippen molar-refractivity contribution in [3.05, 3.63) is 35.4 Å². The second-order valence-electron chi connectivity index (χ2n) is 8.69. The van der Waals surface area contributed by atoms with Gasteiger partial charge in [0.25, 0.3) is 0 Å². The van der Waals surface area contributed by atoms with Crippen molar-refractivity contribution in [3.63, 3.8) is 0 Å². The molecule has 0 aliphatic rings. The Kier molecular flexibility index (Phi) is 14.7. The molecule has 0 fully saturated rings. The Morgan fingerprint density at radius 1 is 0.577 bits per heavy atom. The standard InChI is InChI=1S/C26H46/c1-4-5-20-25-22-17-18-23-26(25)21-16-14-12-10-8-6-7-9-11-13-15-19-24(2)3/h17-18,22-24H,4-16,19-21H2,1-3H3. The van der Waals surface area contributed by atoms with Crippen LogP contribution in [0.5, 0.6) is 0 Å². The van der Waals surface area contributed by atoms with Gasteiger partial charge in [-0.3, -0.25) is 0 Å². The van der Waals surface area contributed by atoms with E-state index >= 15 is 0 Å². The summed E-state index contributed by atoms with van der Waals surface area (Å²) < 4.78 is 0. The zero-order valence-corrected chi connectivity index (χ0v) is 18.2. The van der Waals surface area contributed by atoms with E-state index in [1.807, 2.05) is 0 Å². The molecule has 0 saturated heterocycles. The highest BCUT2D eigenvalue weighted by atomic mass is 14.1. The summed E-state index contributed by atoms with van der Waals surface area (Å²) >= 11 is 0. The summed E-state index contributed by atoms with van der Waals surface area (Å²) in [5, 5.41) is 0. The van der Waals surface area contributed by atoms with Gasteiger partial charge in [-0.2, -0.15) is 0 Å². The third-order valence-electron chi connectivity index (χ3n) is 5.65. The van der Waals surface area contributed by atoms with Gasteiger partial charge in [0, 0.05) is 0 Å². The molecule has 0 aromatic heterocycles. The van der Waals surface area contributed by atoms with Crippen molar-refractivity contribution in [2.24, 2.45) is 5.92 Å². The van der Waals surface area contributed by atoms with Crippen LogP contribution in [0.15, 0.2) is 24.3 Å². The van der Waals surface area contributed by atoms with Crippen LogP contribution >= 0.6 is 0 Å². The number of hydrogen-bond donors (Lipinski definition) is 0. The molecule has 150 valence electrons. The SMILES string of the molecule is CCCCc1ccccc1CCCCCCCCCCCCCC(C)C. The van der Waals surface area contributed by atoms with Crippen LogP contribution in [0, 0.1) is 5.92 Å². The van der Waals surface area contributed by atoms with Crippen LogP contribution in [0.2, 0.25) is 0 Å². The topological polar surface area (TPSA) is 0 Å². The van der Waals surface area contributed by atoms with Crippen LogP contribution in [0.3, 0.4) is 0 Å². The molecular formula is C26H46. The van der Waals surface area contributed by atoms with E-state index in [2.05, 4.69) is 45.0 Å². The van der Waals surface area contributed by atoms with E-state index in [0.29, 0.717) is 0 Å². The van der Waals surface area contributed by atoms with Crippen molar-refractivity contribution < 1.29 is 0 Å². The first-order chi connectivity index (χ1) is 12.7.